The number of allylic oxidation sites excluding steroid dienone is 2. The Morgan fingerprint density at radius 3 is 2.67 bits per heavy atom. The molecule has 0 bridgehead atoms. The number of carboxylic acid groups (broad SMARTS) is 1. The second kappa shape index (κ2) is 6.11. The molecule has 1 aliphatic rings. The van der Waals surface area contributed by atoms with E-state index in [1.807, 2.05) is 57.2 Å². The average molecular weight is 322 g/mol. The summed E-state index contributed by atoms with van der Waals surface area (Å²) >= 11 is 0. The van der Waals surface area contributed by atoms with Crippen molar-refractivity contribution in [3.63, 3.8) is 0 Å². The Hall–Kier alpha value is -2.62. The van der Waals surface area contributed by atoms with Gasteiger partial charge in [0.1, 0.15) is 0 Å². The fraction of sp³-hybridized carbons (Fsp3) is 0.300. The highest BCUT2D eigenvalue weighted by Crippen LogP contribution is 2.44. The summed E-state index contributed by atoms with van der Waals surface area (Å²) in [6, 6.07) is 11.9. The summed E-state index contributed by atoms with van der Waals surface area (Å²) in [5, 5.41) is 13.4. The van der Waals surface area contributed by atoms with Crippen molar-refractivity contribution < 1.29 is 9.90 Å². The molecule has 2 N–H and O–H groups in total. The van der Waals surface area contributed by atoms with Gasteiger partial charge in [-0.1, -0.05) is 42.0 Å². The van der Waals surface area contributed by atoms with Crippen molar-refractivity contribution in [1.29, 1.82) is 0 Å². The van der Waals surface area contributed by atoms with Gasteiger partial charge in [-0.25, -0.2) is 0 Å². The van der Waals surface area contributed by atoms with Crippen LogP contribution in [-0.2, 0) is 10.3 Å². The fourth-order valence-electron chi connectivity index (χ4n) is 3.74. The third kappa shape index (κ3) is 2.80. The second-order valence-electron chi connectivity index (χ2n) is 6.67. The molecule has 0 saturated heterocycles. The van der Waals surface area contributed by atoms with E-state index in [1.165, 1.54) is 0 Å². The van der Waals surface area contributed by atoms with Crippen LogP contribution < -0.4 is 5.32 Å². The Kier molecular flexibility index (Phi) is 4.14. The standard InChI is InChI=1S/C20H22N2O2/c1-13-6-4-7-15(10-13)17-11-14(2)22-20(3,18(17)19(23)24)16-8-5-9-21-12-16/h4-12,17-18,22H,1-3H3,(H,23,24). The first-order chi connectivity index (χ1) is 11.4. The highest BCUT2D eigenvalue weighted by atomic mass is 16.4. The normalized spacial score (nSPS) is 26.4. The van der Waals surface area contributed by atoms with E-state index in [9.17, 15) is 9.90 Å². The van der Waals surface area contributed by atoms with Crippen molar-refractivity contribution in [2.45, 2.75) is 32.2 Å². The van der Waals surface area contributed by atoms with Crippen molar-refractivity contribution in [3.8, 4) is 0 Å². The molecular formula is C20H22N2O2. The first kappa shape index (κ1) is 16.2. The number of aliphatic carboxylic acids is 1. The summed E-state index contributed by atoms with van der Waals surface area (Å²) in [6.45, 7) is 5.95. The van der Waals surface area contributed by atoms with Crippen molar-refractivity contribution in [2.75, 3.05) is 0 Å². The number of carbonyl (C=O) groups is 1. The Morgan fingerprint density at radius 1 is 1.25 bits per heavy atom. The van der Waals surface area contributed by atoms with Crippen LogP contribution in [0.2, 0.25) is 0 Å². The van der Waals surface area contributed by atoms with Crippen LogP contribution in [0.4, 0.5) is 0 Å². The number of nitrogens with one attached hydrogen (secondary N) is 1. The highest BCUT2D eigenvalue weighted by Gasteiger charge is 2.48. The summed E-state index contributed by atoms with van der Waals surface area (Å²) in [5.74, 6) is -1.65. The number of hydrogen-bond donors (Lipinski definition) is 2. The first-order valence-electron chi connectivity index (χ1n) is 8.08. The number of benzene rings is 1. The van der Waals surface area contributed by atoms with Crippen LogP contribution in [0, 0.1) is 12.8 Å². The van der Waals surface area contributed by atoms with E-state index in [0.29, 0.717) is 0 Å². The van der Waals surface area contributed by atoms with Crippen LogP contribution in [0.25, 0.3) is 0 Å². The predicted octanol–water partition coefficient (Wildman–Crippen LogP) is 3.60. The number of carboxylic acids is 1. The molecule has 4 nitrogen and oxygen atoms in total. The molecule has 124 valence electrons. The van der Waals surface area contributed by atoms with E-state index in [4.69, 9.17) is 0 Å². The number of rotatable bonds is 3. The monoisotopic (exact) mass is 322 g/mol. The minimum Gasteiger partial charge on any atom is -0.481 e. The van der Waals surface area contributed by atoms with Crippen LogP contribution in [0.5, 0.6) is 0 Å². The van der Waals surface area contributed by atoms with Crippen molar-refractivity contribution in [2.24, 2.45) is 5.92 Å². The van der Waals surface area contributed by atoms with Crippen LogP contribution in [0.1, 0.15) is 36.5 Å². The number of nitrogens with zero attached hydrogens (tertiary/aromatic N) is 1. The maximum atomic E-state index is 12.2. The van der Waals surface area contributed by atoms with Gasteiger partial charge in [0.15, 0.2) is 0 Å². The third-order valence-electron chi connectivity index (χ3n) is 4.82. The lowest BCUT2D eigenvalue weighted by molar-refractivity contribution is -0.145. The highest BCUT2D eigenvalue weighted by molar-refractivity contribution is 5.75. The van der Waals surface area contributed by atoms with Gasteiger partial charge in [-0.05, 0) is 38.0 Å². The second-order valence-corrected chi connectivity index (χ2v) is 6.67. The van der Waals surface area contributed by atoms with Gasteiger partial charge in [-0.15, -0.1) is 0 Å². The Morgan fingerprint density at radius 2 is 2.04 bits per heavy atom. The summed E-state index contributed by atoms with van der Waals surface area (Å²) in [5.41, 5.74) is 3.28. The minimum absolute atomic E-state index is 0.200. The molecule has 1 aliphatic heterocycles. The smallest absolute Gasteiger partial charge is 0.310 e. The summed E-state index contributed by atoms with van der Waals surface area (Å²) in [6.07, 6.45) is 5.46. The molecule has 2 heterocycles. The van der Waals surface area contributed by atoms with E-state index in [0.717, 1.165) is 22.4 Å². The van der Waals surface area contributed by atoms with Gasteiger partial charge >= 0.3 is 5.97 Å². The zero-order valence-electron chi connectivity index (χ0n) is 14.2. The molecule has 3 atom stereocenters. The summed E-state index contributed by atoms with van der Waals surface area (Å²) in [7, 11) is 0. The molecule has 0 spiro atoms. The molecule has 0 amide bonds. The third-order valence-corrected chi connectivity index (χ3v) is 4.82. The van der Waals surface area contributed by atoms with Gasteiger partial charge in [-0.3, -0.25) is 9.78 Å². The van der Waals surface area contributed by atoms with E-state index in [2.05, 4.69) is 16.4 Å². The number of hydrogen-bond acceptors (Lipinski definition) is 3. The molecular weight excluding hydrogens is 300 g/mol. The van der Waals surface area contributed by atoms with E-state index < -0.39 is 17.4 Å². The molecule has 4 heteroatoms. The van der Waals surface area contributed by atoms with Crippen LogP contribution in [0.3, 0.4) is 0 Å². The molecule has 1 aromatic heterocycles. The number of aromatic nitrogens is 1. The van der Waals surface area contributed by atoms with Crippen LogP contribution >= 0.6 is 0 Å². The molecule has 0 radical (unpaired) electrons. The predicted molar refractivity (Wildman–Crippen MR) is 93.5 cm³/mol. The van der Waals surface area contributed by atoms with E-state index in [-0.39, 0.29) is 5.92 Å². The number of pyridine rings is 1. The van der Waals surface area contributed by atoms with Gasteiger partial charge in [-0.2, -0.15) is 0 Å². The molecule has 24 heavy (non-hydrogen) atoms. The van der Waals surface area contributed by atoms with E-state index in [1.54, 1.807) is 12.4 Å². The molecule has 2 aromatic rings. The van der Waals surface area contributed by atoms with Gasteiger partial charge < -0.3 is 10.4 Å². The average Bonchev–Trinajstić information content (AvgIpc) is 2.54. The minimum atomic E-state index is -0.816. The lowest BCUT2D eigenvalue weighted by Crippen LogP contribution is -2.53. The van der Waals surface area contributed by atoms with E-state index >= 15 is 0 Å². The molecule has 0 saturated carbocycles. The van der Waals surface area contributed by atoms with Crippen molar-refractivity contribution in [3.05, 3.63) is 77.3 Å². The lowest BCUT2D eigenvalue weighted by Gasteiger charge is -2.44. The largest absolute Gasteiger partial charge is 0.481 e. The SMILES string of the molecule is CC1=CC(c2cccc(C)c2)C(C(=O)O)C(C)(c2cccnc2)N1. The lowest BCUT2D eigenvalue weighted by atomic mass is 9.68. The van der Waals surface area contributed by atoms with Crippen LogP contribution in [0.15, 0.2) is 60.6 Å². The van der Waals surface area contributed by atoms with Gasteiger partial charge in [0, 0.05) is 24.0 Å². The molecule has 1 aromatic carbocycles. The molecule has 0 fully saturated rings. The zero-order valence-corrected chi connectivity index (χ0v) is 14.2. The Bertz CT molecular complexity index is 785. The van der Waals surface area contributed by atoms with Gasteiger partial charge in [0.2, 0.25) is 0 Å². The number of aryl methyl sites for hydroxylation is 1. The Labute approximate surface area is 142 Å². The van der Waals surface area contributed by atoms with Crippen molar-refractivity contribution >= 4 is 5.97 Å². The molecule has 0 aliphatic carbocycles. The first-order valence-corrected chi connectivity index (χ1v) is 8.08. The summed E-state index contributed by atoms with van der Waals surface area (Å²) in [4.78, 5) is 16.4. The maximum absolute atomic E-state index is 12.2. The fourth-order valence-corrected chi connectivity index (χ4v) is 3.74. The van der Waals surface area contributed by atoms with Crippen LogP contribution in [-0.4, -0.2) is 16.1 Å². The van der Waals surface area contributed by atoms with Gasteiger partial charge in [0.25, 0.3) is 0 Å². The quantitative estimate of drug-likeness (QED) is 0.906. The van der Waals surface area contributed by atoms with Gasteiger partial charge in [0.05, 0.1) is 11.5 Å². The molecule has 3 rings (SSSR count). The zero-order chi connectivity index (χ0) is 17.3. The topological polar surface area (TPSA) is 62.2 Å². The maximum Gasteiger partial charge on any atom is 0.310 e. The summed E-state index contributed by atoms with van der Waals surface area (Å²) < 4.78 is 0. The van der Waals surface area contributed by atoms with Crippen molar-refractivity contribution in [1.82, 2.24) is 10.3 Å². The molecule has 3 unspecified atom stereocenters. The Balaban J connectivity index is 2.16.